The topological polar surface area (TPSA) is 107 Å². The Kier molecular flexibility index (Phi) is 5.24. The minimum Gasteiger partial charge on any atom is -0.439 e. The molecule has 4 heterocycles. The molecule has 1 aliphatic heterocycles. The highest BCUT2D eigenvalue weighted by atomic mass is 16.5. The van der Waals surface area contributed by atoms with Gasteiger partial charge in [-0.05, 0) is 57.4 Å². The third kappa shape index (κ3) is 3.98. The first-order chi connectivity index (χ1) is 17.4. The number of hydrogen-bond acceptors (Lipinski definition) is 6. The van der Waals surface area contributed by atoms with Crippen molar-refractivity contribution in [3.8, 4) is 11.6 Å². The average Bonchev–Trinajstić information content (AvgIpc) is 3.50. The molecule has 0 radical (unpaired) electrons. The Balaban J connectivity index is 1.22. The zero-order valence-corrected chi connectivity index (χ0v) is 20.4. The van der Waals surface area contributed by atoms with Gasteiger partial charge in [-0.1, -0.05) is 0 Å². The van der Waals surface area contributed by atoms with Gasteiger partial charge in [0, 0.05) is 41.9 Å². The number of aryl methyl sites for hydroxylation is 1. The number of hydrogen-bond donors (Lipinski definition) is 1. The third-order valence-corrected chi connectivity index (χ3v) is 6.90. The minimum absolute atomic E-state index is 0.0274. The van der Waals surface area contributed by atoms with E-state index in [0.29, 0.717) is 36.5 Å². The first kappa shape index (κ1) is 22.3. The Labute approximate surface area is 207 Å². The summed E-state index contributed by atoms with van der Waals surface area (Å²) in [5, 5.41) is 8.30. The van der Waals surface area contributed by atoms with Crippen LogP contribution in [0.3, 0.4) is 0 Å². The minimum atomic E-state index is -0.270. The van der Waals surface area contributed by atoms with Gasteiger partial charge in [0.25, 0.3) is 0 Å². The highest BCUT2D eigenvalue weighted by Gasteiger charge is 2.29. The summed E-state index contributed by atoms with van der Waals surface area (Å²) in [4.78, 5) is 35.4. The van der Waals surface area contributed by atoms with E-state index in [1.165, 1.54) is 6.33 Å². The molecule has 36 heavy (non-hydrogen) atoms. The molecule has 184 valence electrons. The molecule has 10 heteroatoms. The second-order valence-corrected chi connectivity index (χ2v) is 9.59. The van der Waals surface area contributed by atoms with E-state index in [1.54, 1.807) is 22.6 Å². The lowest BCUT2D eigenvalue weighted by Crippen LogP contribution is -2.41. The number of carbonyl (C=O) groups excluding carboxylic acids is 2. The summed E-state index contributed by atoms with van der Waals surface area (Å²) < 4.78 is 9.71. The maximum absolute atomic E-state index is 13.0. The van der Waals surface area contributed by atoms with Gasteiger partial charge < -0.3 is 9.64 Å². The van der Waals surface area contributed by atoms with E-state index < -0.39 is 0 Å². The average molecular weight is 486 g/mol. The van der Waals surface area contributed by atoms with Crippen LogP contribution in [0, 0.1) is 6.92 Å². The molecule has 1 saturated carbocycles. The van der Waals surface area contributed by atoms with Crippen LogP contribution in [0.5, 0.6) is 11.6 Å². The van der Waals surface area contributed by atoms with Crippen molar-refractivity contribution >= 4 is 28.7 Å². The van der Waals surface area contributed by atoms with Crippen LogP contribution in [-0.2, 0) is 17.8 Å². The predicted molar refractivity (Wildman–Crippen MR) is 133 cm³/mol. The highest BCUT2D eigenvalue weighted by Crippen LogP contribution is 2.36. The molecule has 4 aromatic rings. The van der Waals surface area contributed by atoms with E-state index in [0.717, 1.165) is 40.7 Å². The number of anilines is 1. The van der Waals surface area contributed by atoms with Crippen molar-refractivity contribution in [3.05, 3.63) is 59.8 Å². The summed E-state index contributed by atoms with van der Waals surface area (Å²) in [6.07, 6.45) is 6.10. The second-order valence-electron chi connectivity index (χ2n) is 9.59. The van der Waals surface area contributed by atoms with Gasteiger partial charge in [0.05, 0.1) is 23.8 Å². The maximum Gasteiger partial charge on any atom is 0.331 e. The first-order valence-corrected chi connectivity index (χ1v) is 12.1. The number of rotatable bonds is 4. The normalized spacial score (nSPS) is 17.2. The molecule has 2 aliphatic rings. The highest BCUT2D eigenvalue weighted by molar-refractivity contribution is 5.98. The van der Waals surface area contributed by atoms with Crippen molar-refractivity contribution in [1.29, 1.82) is 0 Å². The van der Waals surface area contributed by atoms with Crippen molar-refractivity contribution in [1.82, 2.24) is 29.2 Å². The lowest BCUT2D eigenvalue weighted by molar-refractivity contribution is -0.132. The SMILES string of the molecule is CC(=O)N1Cc2ncnc(Oc3ccc4c(ccn4C(=O)Nc4cc(C)n(C5CC5)n4)c3)c2CC1C. The van der Waals surface area contributed by atoms with E-state index in [4.69, 9.17) is 4.74 Å². The molecular weight excluding hydrogens is 458 g/mol. The Morgan fingerprint density at radius 3 is 2.75 bits per heavy atom. The molecule has 1 aromatic carbocycles. The van der Waals surface area contributed by atoms with Gasteiger partial charge in [-0.2, -0.15) is 5.10 Å². The molecule has 1 unspecified atom stereocenters. The molecule has 2 amide bonds. The van der Waals surface area contributed by atoms with Gasteiger partial charge >= 0.3 is 6.03 Å². The zero-order valence-electron chi connectivity index (χ0n) is 20.4. The largest absolute Gasteiger partial charge is 0.439 e. The van der Waals surface area contributed by atoms with Crippen LogP contribution in [0.1, 0.15) is 49.7 Å². The number of benzene rings is 1. The Morgan fingerprint density at radius 2 is 1.97 bits per heavy atom. The number of carbonyl (C=O) groups is 2. The predicted octanol–water partition coefficient (Wildman–Crippen LogP) is 4.44. The summed E-state index contributed by atoms with van der Waals surface area (Å²) in [7, 11) is 0. The fourth-order valence-corrected chi connectivity index (χ4v) is 4.88. The van der Waals surface area contributed by atoms with Crippen LogP contribution >= 0.6 is 0 Å². The van der Waals surface area contributed by atoms with E-state index in [-0.39, 0.29) is 18.0 Å². The lowest BCUT2D eigenvalue weighted by atomic mass is 9.99. The monoisotopic (exact) mass is 485 g/mol. The van der Waals surface area contributed by atoms with E-state index in [1.807, 2.05) is 48.9 Å². The van der Waals surface area contributed by atoms with Gasteiger partial charge in [0.1, 0.15) is 12.1 Å². The summed E-state index contributed by atoms with van der Waals surface area (Å²) in [6.45, 7) is 6.03. The molecule has 0 bridgehead atoms. The zero-order chi connectivity index (χ0) is 25.0. The van der Waals surface area contributed by atoms with Gasteiger partial charge in [-0.3, -0.25) is 19.4 Å². The summed E-state index contributed by atoms with van der Waals surface area (Å²) in [5.41, 5.74) is 3.52. The van der Waals surface area contributed by atoms with Crippen molar-refractivity contribution in [2.75, 3.05) is 5.32 Å². The number of amides is 2. The molecule has 10 nitrogen and oxygen atoms in total. The smallest absolute Gasteiger partial charge is 0.331 e. The third-order valence-electron chi connectivity index (χ3n) is 6.90. The molecule has 1 atom stereocenters. The van der Waals surface area contributed by atoms with Gasteiger partial charge in [-0.15, -0.1) is 0 Å². The van der Waals surface area contributed by atoms with E-state index in [9.17, 15) is 9.59 Å². The number of nitrogens with one attached hydrogen (secondary N) is 1. The Bertz CT molecular complexity index is 1500. The van der Waals surface area contributed by atoms with Crippen LogP contribution in [-0.4, -0.2) is 47.2 Å². The van der Waals surface area contributed by atoms with Crippen LogP contribution in [0.4, 0.5) is 10.6 Å². The Morgan fingerprint density at radius 1 is 1.14 bits per heavy atom. The maximum atomic E-state index is 13.0. The van der Waals surface area contributed by atoms with Crippen LogP contribution in [0.25, 0.3) is 10.9 Å². The van der Waals surface area contributed by atoms with Gasteiger partial charge in [0.15, 0.2) is 5.82 Å². The molecular formula is C26H27N7O3. The van der Waals surface area contributed by atoms with Gasteiger partial charge in [0.2, 0.25) is 11.8 Å². The number of fused-ring (bicyclic) bond motifs is 2. The van der Waals surface area contributed by atoms with Gasteiger partial charge in [-0.25, -0.2) is 14.8 Å². The van der Waals surface area contributed by atoms with E-state index >= 15 is 0 Å². The Hall–Kier alpha value is -4.21. The summed E-state index contributed by atoms with van der Waals surface area (Å²) in [5.74, 6) is 1.69. The molecule has 6 rings (SSSR count). The molecule has 0 saturated heterocycles. The summed E-state index contributed by atoms with van der Waals surface area (Å²) in [6, 6.07) is 9.55. The number of nitrogens with zero attached hydrogens (tertiary/aromatic N) is 6. The quantitative estimate of drug-likeness (QED) is 0.458. The lowest BCUT2D eigenvalue weighted by Gasteiger charge is -2.33. The van der Waals surface area contributed by atoms with E-state index in [2.05, 4.69) is 20.4 Å². The fourth-order valence-electron chi connectivity index (χ4n) is 4.88. The second kappa shape index (κ2) is 8.47. The van der Waals surface area contributed by atoms with Crippen molar-refractivity contribution < 1.29 is 14.3 Å². The summed E-state index contributed by atoms with van der Waals surface area (Å²) >= 11 is 0. The van der Waals surface area contributed by atoms with Crippen molar-refractivity contribution in [2.24, 2.45) is 0 Å². The van der Waals surface area contributed by atoms with Crippen molar-refractivity contribution in [3.63, 3.8) is 0 Å². The van der Waals surface area contributed by atoms with Crippen LogP contribution in [0.2, 0.25) is 0 Å². The molecule has 3 aromatic heterocycles. The number of ether oxygens (including phenoxy) is 1. The van der Waals surface area contributed by atoms with Crippen molar-refractivity contribution in [2.45, 2.75) is 58.7 Å². The fraction of sp³-hybridized carbons (Fsp3) is 0.346. The molecule has 1 fully saturated rings. The standard InChI is InChI=1S/C26H27N7O3/c1-15-10-21-22(13-32(15)17(3)34)27-14-28-25(21)36-20-6-7-23-18(12-20)8-9-31(23)26(35)29-24-11-16(2)33(30-24)19-4-5-19/h6-9,11-12,14-15,19H,4-5,10,13H2,1-3H3,(H,29,30,35). The molecule has 0 spiro atoms. The van der Waals surface area contributed by atoms with Crippen LogP contribution in [0.15, 0.2) is 42.9 Å². The van der Waals surface area contributed by atoms with Crippen LogP contribution < -0.4 is 10.1 Å². The molecule has 1 N–H and O–H groups in total. The molecule has 1 aliphatic carbocycles. The first-order valence-electron chi connectivity index (χ1n) is 12.1. The number of aromatic nitrogens is 5.